The van der Waals surface area contributed by atoms with E-state index >= 15 is 0 Å². The van der Waals surface area contributed by atoms with Crippen molar-refractivity contribution in [2.75, 3.05) is 6.61 Å². The van der Waals surface area contributed by atoms with E-state index in [4.69, 9.17) is 10.5 Å². The standard InChI is InChI=1S/C13H19NO2S/c1-13(2,3)17(15)11-8-16-10-7-5-4-6-9(10)12(11)14/h4-7,11-12H,8,14H2,1-3H3. The Bertz CT molecular complexity index is 439. The molecule has 0 radical (unpaired) electrons. The number of benzene rings is 1. The smallest absolute Gasteiger partial charge is 0.124 e. The third-order valence-corrected chi connectivity index (χ3v) is 5.15. The molecule has 4 heteroatoms. The topological polar surface area (TPSA) is 52.3 Å². The molecular formula is C13H19NO2S. The summed E-state index contributed by atoms with van der Waals surface area (Å²) in [4.78, 5) is 0. The van der Waals surface area contributed by atoms with Crippen LogP contribution in [0.5, 0.6) is 5.75 Å². The van der Waals surface area contributed by atoms with Gasteiger partial charge in [-0.3, -0.25) is 4.21 Å². The molecule has 3 nitrogen and oxygen atoms in total. The number of para-hydroxylation sites is 1. The minimum absolute atomic E-state index is 0.134. The van der Waals surface area contributed by atoms with Gasteiger partial charge < -0.3 is 10.5 Å². The van der Waals surface area contributed by atoms with Crippen LogP contribution in [-0.4, -0.2) is 20.8 Å². The van der Waals surface area contributed by atoms with Crippen molar-refractivity contribution in [3.63, 3.8) is 0 Å². The molecule has 1 aromatic carbocycles. The van der Waals surface area contributed by atoms with Crippen LogP contribution < -0.4 is 10.5 Å². The zero-order valence-corrected chi connectivity index (χ0v) is 11.3. The van der Waals surface area contributed by atoms with Gasteiger partial charge in [-0.15, -0.1) is 0 Å². The number of rotatable bonds is 1. The molecule has 0 saturated carbocycles. The van der Waals surface area contributed by atoms with E-state index in [0.29, 0.717) is 6.61 Å². The third-order valence-electron chi connectivity index (χ3n) is 2.96. The highest BCUT2D eigenvalue weighted by Gasteiger charge is 2.37. The molecule has 0 amide bonds. The summed E-state index contributed by atoms with van der Waals surface area (Å²) in [5.74, 6) is 0.821. The zero-order chi connectivity index (χ0) is 12.6. The highest BCUT2D eigenvalue weighted by atomic mass is 32.2. The monoisotopic (exact) mass is 253 g/mol. The van der Waals surface area contributed by atoms with Gasteiger partial charge >= 0.3 is 0 Å². The lowest BCUT2D eigenvalue weighted by Gasteiger charge is -2.34. The van der Waals surface area contributed by atoms with Crippen molar-refractivity contribution in [1.82, 2.24) is 0 Å². The van der Waals surface area contributed by atoms with Gasteiger partial charge in [-0.1, -0.05) is 18.2 Å². The van der Waals surface area contributed by atoms with Crippen LogP contribution in [0, 0.1) is 0 Å². The summed E-state index contributed by atoms with van der Waals surface area (Å²) in [6, 6.07) is 7.51. The van der Waals surface area contributed by atoms with E-state index in [1.165, 1.54) is 0 Å². The summed E-state index contributed by atoms with van der Waals surface area (Å²) in [5.41, 5.74) is 7.17. The molecule has 3 unspecified atom stereocenters. The Morgan fingerprint density at radius 1 is 1.35 bits per heavy atom. The van der Waals surface area contributed by atoms with E-state index in [1.54, 1.807) is 0 Å². The van der Waals surface area contributed by atoms with Crippen molar-refractivity contribution in [3.8, 4) is 5.75 Å². The maximum Gasteiger partial charge on any atom is 0.124 e. The Morgan fingerprint density at radius 3 is 2.65 bits per heavy atom. The van der Waals surface area contributed by atoms with E-state index in [-0.39, 0.29) is 16.0 Å². The van der Waals surface area contributed by atoms with Crippen molar-refractivity contribution in [2.45, 2.75) is 36.8 Å². The Labute approximate surface area is 105 Å². The highest BCUT2D eigenvalue weighted by molar-refractivity contribution is 7.87. The van der Waals surface area contributed by atoms with Crippen molar-refractivity contribution < 1.29 is 8.95 Å². The number of ether oxygens (including phenoxy) is 1. The van der Waals surface area contributed by atoms with Gasteiger partial charge in [0.1, 0.15) is 12.4 Å². The van der Waals surface area contributed by atoms with Crippen LogP contribution in [0.1, 0.15) is 32.4 Å². The lowest BCUT2D eigenvalue weighted by molar-refractivity contribution is 0.272. The van der Waals surface area contributed by atoms with Gasteiger partial charge in [0.05, 0.1) is 11.3 Å². The van der Waals surface area contributed by atoms with Crippen LogP contribution in [0.25, 0.3) is 0 Å². The lowest BCUT2D eigenvalue weighted by Crippen LogP contribution is -2.44. The highest BCUT2D eigenvalue weighted by Crippen LogP contribution is 2.34. The van der Waals surface area contributed by atoms with Crippen LogP contribution in [0.15, 0.2) is 24.3 Å². The molecule has 2 N–H and O–H groups in total. The Morgan fingerprint density at radius 2 is 2.00 bits per heavy atom. The van der Waals surface area contributed by atoms with Crippen LogP contribution in [0.2, 0.25) is 0 Å². The molecule has 1 aliphatic rings. The minimum Gasteiger partial charge on any atom is -0.492 e. The van der Waals surface area contributed by atoms with E-state index in [9.17, 15) is 4.21 Å². The first kappa shape index (κ1) is 12.6. The van der Waals surface area contributed by atoms with Crippen molar-refractivity contribution in [2.24, 2.45) is 5.73 Å². The van der Waals surface area contributed by atoms with Gasteiger partial charge in [-0.25, -0.2) is 0 Å². The average Bonchev–Trinajstić information content (AvgIpc) is 2.28. The average molecular weight is 253 g/mol. The fourth-order valence-electron chi connectivity index (χ4n) is 2.01. The van der Waals surface area contributed by atoms with E-state index < -0.39 is 10.8 Å². The van der Waals surface area contributed by atoms with E-state index in [2.05, 4.69) is 0 Å². The van der Waals surface area contributed by atoms with Crippen molar-refractivity contribution >= 4 is 10.8 Å². The number of nitrogens with two attached hydrogens (primary N) is 1. The van der Waals surface area contributed by atoms with Gasteiger partial charge in [0.15, 0.2) is 0 Å². The molecule has 0 aromatic heterocycles. The second kappa shape index (κ2) is 4.42. The molecule has 0 spiro atoms. The van der Waals surface area contributed by atoms with Crippen LogP contribution in [0.3, 0.4) is 0 Å². The van der Waals surface area contributed by atoms with E-state index in [0.717, 1.165) is 11.3 Å². The van der Waals surface area contributed by atoms with Crippen molar-refractivity contribution in [3.05, 3.63) is 29.8 Å². The molecule has 17 heavy (non-hydrogen) atoms. The summed E-state index contributed by atoms with van der Waals surface area (Å²) < 4.78 is 17.8. The zero-order valence-electron chi connectivity index (χ0n) is 10.5. The maximum atomic E-state index is 12.4. The first-order chi connectivity index (χ1) is 7.91. The Balaban J connectivity index is 2.29. The fourth-order valence-corrected chi connectivity index (χ4v) is 3.53. The summed E-state index contributed by atoms with van der Waals surface area (Å²) in [6.45, 7) is 6.34. The first-order valence-corrected chi connectivity index (χ1v) is 7.00. The second-order valence-electron chi connectivity index (χ2n) is 5.32. The molecule has 1 aromatic rings. The first-order valence-electron chi connectivity index (χ1n) is 5.79. The summed E-state index contributed by atoms with van der Waals surface area (Å²) in [7, 11) is -1.01. The predicted molar refractivity (Wildman–Crippen MR) is 70.5 cm³/mol. The second-order valence-corrected chi connectivity index (χ2v) is 7.75. The summed E-state index contributed by atoms with van der Waals surface area (Å²) >= 11 is 0. The van der Waals surface area contributed by atoms with Crippen molar-refractivity contribution in [1.29, 1.82) is 0 Å². The predicted octanol–water partition coefficient (Wildman–Crippen LogP) is 1.99. The van der Waals surface area contributed by atoms with Gasteiger partial charge in [-0.05, 0) is 26.8 Å². The van der Waals surface area contributed by atoms with E-state index in [1.807, 2.05) is 45.0 Å². The van der Waals surface area contributed by atoms with Crippen LogP contribution >= 0.6 is 0 Å². The quantitative estimate of drug-likeness (QED) is 0.833. The van der Waals surface area contributed by atoms with Crippen LogP contribution in [0.4, 0.5) is 0 Å². The maximum absolute atomic E-state index is 12.4. The minimum atomic E-state index is -1.01. The number of fused-ring (bicyclic) bond motifs is 1. The Hall–Kier alpha value is -0.870. The molecule has 94 valence electrons. The normalized spacial score (nSPS) is 25.9. The molecule has 0 saturated heterocycles. The molecule has 2 rings (SSSR count). The van der Waals surface area contributed by atoms with Gasteiger partial charge in [0.25, 0.3) is 0 Å². The Kier molecular flexibility index (Phi) is 3.27. The number of hydrogen-bond acceptors (Lipinski definition) is 3. The summed E-state index contributed by atoms with van der Waals surface area (Å²) in [5, 5.41) is -0.134. The lowest BCUT2D eigenvalue weighted by atomic mass is 10.0. The largest absolute Gasteiger partial charge is 0.492 e. The van der Waals surface area contributed by atoms with Crippen LogP contribution in [-0.2, 0) is 10.8 Å². The number of hydrogen-bond donors (Lipinski definition) is 1. The molecular weight excluding hydrogens is 234 g/mol. The van der Waals surface area contributed by atoms with Gasteiger partial charge in [0, 0.05) is 21.1 Å². The molecule has 1 heterocycles. The van der Waals surface area contributed by atoms with Gasteiger partial charge in [0.2, 0.25) is 0 Å². The molecule has 0 aliphatic carbocycles. The van der Waals surface area contributed by atoms with Gasteiger partial charge in [-0.2, -0.15) is 0 Å². The molecule has 3 atom stereocenters. The SMILES string of the molecule is CC(C)(C)S(=O)C1COc2ccccc2C1N. The molecule has 1 aliphatic heterocycles. The molecule has 0 bridgehead atoms. The third kappa shape index (κ3) is 2.38. The summed E-state index contributed by atoms with van der Waals surface area (Å²) in [6.07, 6.45) is 0. The fraction of sp³-hybridized carbons (Fsp3) is 0.538. The molecule has 0 fully saturated rings.